The maximum Gasteiger partial charge on any atom is 0.331 e. The molecule has 0 radical (unpaired) electrons. The second-order valence-corrected chi connectivity index (χ2v) is 10.3. The van der Waals surface area contributed by atoms with Crippen LogP contribution in [-0.2, 0) is 35.6 Å². The Balaban J connectivity index is 1.67. The van der Waals surface area contributed by atoms with E-state index in [0.29, 0.717) is 23.6 Å². The van der Waals surface area contributed by atoms with Gasteiger partial charge in [0.25, 0.3) is 0 Å². The number of furan rings is 1. The Morgan fingerprint density at radius 1 is 1.22 bits per heavy atom. The highest BCUT2D eigenvalue weighted by Gasteiger charge is 2.32. The van der Waals surface area contributed by atoms with Gasteiger partial charge in [0.1, 0.15) is 22.6 Å². The molecule has 1 saturated heterocycles. The number of nitrogens with zero attached hydrogens (tertiary/aromatic N) is 3. The van der Waals surface area contributed by atoms with Crippen molar-refractivity contribution in [3.05, 3.63) is 50.6 Å². The van der Waals surface area contributed by atoms with Gasteiger partial charge in [0.2, 0.25) is 5.91 Å². The normalized spacial score (nSPS) is 18.1. The van der Waals surface area contributed by atoms with Crippen molar-refractivity contribution in [1.29, 1.82) is 5.41 Å². The zero-order valence-corrected chi connectivity index (χ0v) is 19.3. The Hall–Kier alpha value is -2.65. The molecule has 0 aromatic carbocycles. The summed E-state index contributed by atoms with van der Waals surface area (Å²) >= 11 is 1.47. The molecule has 0 unspecified atom stereocenters. The lowest BCUT2D eigenvalue weighted by atomic mass is 9.94. The first-order valence-electron chi connectivity index (χ1n) is 11.1. The number of nitrogens with one attached hydrogen (secondary N) is 1. The fourth-order valence-electron chi connectivity index (χ4n) is 4.66. The number of likely N-dealkylation sites (tertiary alicyclic amines) is 1. The molecule has 0 atom stereocenters. The summed E-state index contributed by atoms with van der Waals surface area (Å²) in [5.41, 5.74) is 0.518. The molecule has 0 saturated carbocycles. The van der Waals surface area contributed by atoms with Gasteiger partial charge in [0, 0.05) is 24.4 Å². The first-order chi connectivity index (χ1) is 15.3. The molecule has 8 nitrogen and oxygen atoms in total. The van der Waals surface area contributed by atoms with E-state index in [0.717, 1.165) is 48.2 Å². The van der Waals surface area contributed by atoms with Crippen LogP contribution in [-0.4, -0.2) is 38.6 Å². The fourth-order valence-corrected chi connectivity index (χ4v) is 5.88. The second kappa shape index (κ2) is 8.04. The predicted molar refractivity (Wildman–Crippen MR) is 121 cm³/mol. The van der Waals surface area contributed by atoms with Crippen molar-refractivity contribution in [3.63, 3.8) is 0 Å². The average molecular weight is 457 g/mol. The largest absolute Gasteiger partial charge is 0.467 e. The summed E-state index contributed by atoms with van der Waals surface area (Å²) in [6.45, 7) is 6.14. The number of rotatable bonds is 4. The number of amides is 1. The van der Waals surface area contributed by atoms with E-state index in [2.05, 4.69) is 0 Å². The third kappa shape index (κ3) is 3.73. The monoisotopic (exact) mass is 456 g/mol. The van der Waals surface area contributed by atoms with Gasteiger partial charge < -0.3 is 14.1 Å². The van der Waals surface area contributed by atoms with E-state index >= 15 is 0 Å². The third-order valence-corrected chi connectivity index (χ3v) is 7.61. The quantitative estimate of drug-likeness (QED) is 0.653. The number of carbonyl (C=O) groups is 1. The lowest BCUT2D eigenvalue weighted by molar-refractivity contribution is -0.132. The lowest BCUT2D eigenvalue weighted by Gasteiger charge is -2.30. The number of thiophene rings is 1. The van der Waals surface area contributed by atoms with Gasteiger partial charge in [0.15, 0.2) is 0 Å². The van der Waals surface area contributed by atoms with Gasteiger partial charge in [-0.05, 0) is 50.8 Å². The number of hydrogen-bond donors (Lipinski definition) is 1. The molecule has 170 valence electrons. The van der Waals surface area contributed by atoms with Crippen molar-refractivity contribution in [2.24, 2.45) is 0 Å². The first-order valence-corrected chi connectivity index (χ1v) is 11.9. The van der Waals surface area contributed by atoms with Crippen molar-refractivity contribution in [2.45, 2.75) is 64.8 Å². The molecule has 5 heterocycles. The minimum Gasteiger partial charge on any atom is -0.467 e. The molecule has 3 aromatic heterocycles. The van der Waals surface area contributed by atoms with Crippen LogP contribution >= 0.6 is 11.3 Å². The summed E-state index contributed by atoms with van der Waals surface area (Å²) in [4.78, 5) is 30.2. The summed E-state index contributed by atoms with van der Waals surface area (Å²) in [7, 11) is 0. The van der Waals surface area contributed by atoms with Gasteiger partial charge >= 0.3 is 5.69 Å². The van der Waals surface area contributed by atoms with Crippen molar-refractivity contribution in [1.82, 2.24) is 14.0 Å². The van der Waals surface area contributed by atoms with Crippen molar-refractivity contribution < 1.29 is 13.9 Å². The topological polar surface area (TPSA) is 93.5 Å². The summed E-state index contributed by atoms with van der Waals surface area (Å²) in [5, 5.41) is 9.67. The molecule has 1 fully saturated rings. The van der Waals surface area contributed by atoms with E-state index in [-0.39, 0.29) is 35.8 Å². The van der Waals surface area contributed by atoms with Gasteiger partial charge in [-0.2, -0.15) is 0 Å². The van der Waals surface area contributed by atoms with E-state index < -0.39 is 0 Å². The zero-order chi connectivity index (χ0) is 22.5. The summed E-state index contributed by atoms with van der Waals surface area (Å²) in [6, 6.07) is 3.56. The number of fused-ring (bicyclic) bond motifs is 3. The molecule has 2 aliphatic rings. The molecule has 0 bridgehead atoms. The molecular formula is C23H28N4O4S. The molecule has 0 spiro atoms. The zero-order valence-electron chi connectivity index (χ0n) is 18.5. The minimum absolute atomic E-state index is 0.0165. The lowest BCUT2D eigenvalue weighted by Crippen LogP contribution is -2.44. The van der Waals surface area contributed by atoms with Crippen LogP contribution in [0.3, 0.4) is 0 Å². The molecular weight excluding hydrogens is 428 g/mol. The Labute approximate surface area is 189 Å². The predicted octanol–water partition coefficient (Wildman–Crippen LogP) is 2.85. The van der Waals surface area contributed by atoms with Crippen LogP contribution < -0.4 is 11.2 Å². The van der Waals surface area contributed by atoms with Crippen LogP contribution in [0.1, 0.15) is 49.3 Å². The van der Waals surface area contributed by atoms with Crippen molar-refractivity contribution in [2.75, 3.05) is 13.1 Å². The summed E-state index contributed by atoms with van der Waals surface area (Å²) in [6.07, 6.45) is 5.36. The number of hydrogen-bond acceptors (Lipinski definition) is 6. The maximum absolute atomic E-state index is 13.6. The van der Waals surface area contributed by atoms with Gasteiger partial charge in [-0.3, -0.25) is 19.3 Å². The number of piperidine rings is 1. The molecule has 0 aliphatic carbocycles. The van der Waals surface area contributed by atoms with Crippen LogP contribution in [0.2, 0.25) is 0 Å². The Bertz CT molecular complexity index is 1280. The molecule has 32 heavy (non-hydrogen) atoms. The smallest absolute Gasteiger partial charge is 0.331 e. The molecule has 1 N–H and O–H groups in total. The van der Waals surface area contributed by atoms with E-state index in [1.165, 1.54) is 15.9 Å². The molecule has 5 rings (SSSR count). The molecule has 2 aliphatic heterocycles. The van der Waals surface area contributed by atoms with Crippen LogP contribution in [0.15, 0.2) is 27.6 Å². The SMILES string of the molecule is CC1(C)Cc2c(sc3c2c(=N)n(Cc2ccco2)c(=O)n3CC(=O)N2CCCCC2)CO1. The van der Waals surface area contributed by atoms with E-state index in [1.807, 2.05) is 18.7 Å². The second-order valence-electron chi connectivity index (χ2n) is 9.23. The van der Waals surface area contributed by atoms with Gasteiger partial charge in [-0.1, -0.05) is 0 Å². The first kappa shape index (κ1) is 21.2. The Morgan fingerprint density at radius 3 is 2.72 bits per heavy atom. The van der Waals surface area contributed by atoms with Crippen LogP contribution in [0, 0.1) is 5.41 Å². The van der Waals surface area contributed by atoms with Gasteiger partial charge in [-0.25, -0.2) is 4.79 Å². The Kier molecular flexibility index (Phi) is 5.33. The van der Waals surface area contributed by atoms with E-state index in [1.54, 1.807) is 23.0 Å². The van der Waals surface area contributed by atoms with Gasteiger partial charge in [-0.15, -0.1) is 11.3 Å². The average Bonchev–Trinajstić information content (AvgIpc) is 3.41. The van der Waals surface area contributed by atoms with Crippen molar-refractivity contribution in [3.8, 4) is 0 Å². The highest BCUT2D eigenvalue weighted by Crippen LogP contribution is 2.37. The van der Waals surface area contributed by atoms with Gasteiger partial charge in [0.05, 0.1) is 30.4 Å². The fraction of sp³-hybridized carbons (Fsp3) is 0.522. The highest BCUT2D eigenvalue weighted by molar-refractivity contribution is 7.18. The highest BCUT2D eigenvalue weighted by atomic mass is 32.1. The van der Waals surface area contributed by atoms with E-state index in [4.69, 9.17) is 14.6 Å². The molecule has 3 aromatic rings. The third-order valence-electron chi connectivity index (χ3n) is 6.38. The number of ether oxygens (including phenoxy) is 1. The molecule has 9 heteroatoms. The minimum atomic E-state index is -0.358. The Morgan fingerprint density at radius 2 is 2.00 bits per heavy atom. The molecule has 1 amide bonds. The number of carbonyl (C=O) groups excluding carboxylic acids is 1. The maximum atomic E-state index is 13.6. The van der Waals surface area contributed by atoms with Crippen molar-refractivity contribution >= 4 is 27.5 Å². The van der Waals surface area contributed by atoms with Crippen LogP contribution in [0.4, 0.5) is 0 Å². The van der Waals surface area contributed by atoms with Crippen LogP contribution in [0.25, 0.3) is 10.2 Å². The standard InChI is InChI=1S/C23H28N4O4S/c1-23(2)11-16-17(14-31-23)32-21-19(16)20(24)26(12-15-7-6-10-30-15)22(29)27(21)13-18(28)25-8-4-3-5-9-25/h6-7,10,24H,3-5,8-9,11-14H2,1-2H3. The summed E-state index contributed by atoms with van der Waals surface area (Å²) in [5.74, 6) is 0.556. The van der Waals surface area contributed by atoms with Crippen LogP contribution in [0.5, 0.6) is 0 Å². The summed E-state index contributed by atoms with van der Waals surface area (Å²) < 4.78 is 14.4. The van der Waals surface area contributed by atoms with E-state index in [9.17, 15) is 9.59 Å². The number of aromatic nitrogens is 2.